The van der Waals surface area contributed by atoms with E-state index in [2.05, 4.69) is 10.1 Å². The number of aromatic nitrogens is 2. The highest BCUT2D eigenvalue weighted by Crippen LogP contribution is 2.16. The van der Waals surface area contributed by atoms with Crippen molar-refractivity contribution in [1.82, 2.24) is 15.0 Å². The fourth-order valence-corrected chi connectivity index (χ4v) is 4.57. The fraction of sp³-hybridized carbons (Fsp3) is 0.550. The lowest BCUT2D eigenvalue weighted by atomic mass is 10.1. The molecule has 2 aromatic rings. The van der Waals surface area contributed by atoms with Gasteiger partial charge < -0.3 is 18.9 Å². The van der Waals surface area contributed by atoms with Crippen molar-refractivity contribution < 1.29 is 27.2 Å². The minimum absolute atomic E-state index is 0.0327. The molecule has 1 aromatic heterocycles. The third-order valence-corrected chi connectivity index (χ3v) is 6.61. The average Bonchev–Trinajstić information content (AvgIpc) is 3.20. The van der Waals surface area contributed by atoms with Crippen LogP contribution in [-0.4, -0.2) is 68.0 Å². The molecule has 0 spiro atoms. The molecule has 0 aliphatic carbocycles. The number of rotatable bonds is 10. The summed E-state index contributed by atoms with van der Waals surface area (Å²) < 4.78 is 40.6. The number of hydrogen-bond donors (Lipinski definition) is 0. The number of carbonyl (C=O) groups excluding carboxylic acids is 1. The lowest BCUT2D eigenvalue weighted by Crippen LogP contribution is -2.43. The summed E-state index contributed by atoms with van der Waals surface area (Å²) in [5.74, 6) is 0.619. The van der Waals surface area contributed by atoms with Gasteiger partial charge in [-0.2, -0.15) is 4.98 Å². The zero-order valence-electron chi connectivity index (χ0n) is 17.0. The molecule has 1 aromatic carbocycles. The van der Waals surface area contributed by atoms with Gasteiger partial charge in [-0.15, -0.1) is 0 Å². The molecule has 1 atom stereocenters. The maximum absolute atomic E-state index is 12.5. The summed E-state index contributed by atoms with van der Waals surface area (Å²) in [6.07, 6.45) is 2.07. The Kier molecular flexibility index (Phi) is 7.94. The molecule has 1 saturated heterocycles. The highest BCUT2D eigenvalue weighted by molar-refractivity contribution is 7.91. The number of nitrogens with zero attached hydrogens (tertiary/aromatic N) is 3. The molecule has 1 unspecified atom stereocenters. The first kappa shape index (κ1) is 22.4. The van der Waals surface area contributed by atoms with Crippen LogP contribution in [0.25, 0.3) is 0 Å². The quantitative estimate of drug-likeness (QED) is 0.551. The summed E-state index contributed by atoms with van der Waals surface area (Å²) >= 11 is 0. The van der Waals surface area contributed by atoms with Crippen molar-refractivity contribution in [2.75, 3.05) is 32.6 Å². The van der Waals surface area contributed by atoms with Crippen molar-refractivity contribution in [3.63, 3.8) is 0 Å². The van der Waals surface area contributed by atoms with Crippen LogP contribution in [-0.2, 0) is 37.1 Å². The number of sulfone groups is 1. The first-order valence-electron chi connectivity index (χ1n) is 9.95. The van der Waals surface area contributed by atoms with Crippen LogP contribution in [0, 0.1) is 0 Å². The average molecular weight is 438 g/mol. The van der Waals surface area contributed by atoms with Gasteiger partial charge in [-0.3, -0.25) is 4.79 Å². The summed E-state index contributed by atoms with van der Waals surface area (Å²) in [4.78, 5) is 18.7. The minimum atomic E-state index is -3.47. The second-order valence-corrected chi connectivity index (χ2v) is 9.25. The van der Waals surface area contributed by atoms with Crippen molar-refractivity contribution in [2.45, 2.75) is 43.3 Å². The highest BCUT2D eigenvalue weighted by Gasteiger charge is 2.25. The zero-order valence-corrected chi connectivity index (χ0v) is 17.8. The van der Waals surface area contributed by atoms with Crippen LogP contribution >= 0.6 is 0 Å². The van der Waals surface area contributed by atoms with Gasteiger partial charge in [0, 0.05) is 33.0 Å². The van der Waals surface area contributed by atoms with E-state index in [1.165, 1.54) is 0 Å². The summed E-state index contributed by atoms with van der Waals surface area (Å²) in [6, 6.07) is 8.21. The number of carbonyl (C=O) groups is 1. The number of amides is 1. The molecule has 1 amide bonds. The van der Waals surface area contributed by atoms with Crippen LogP contribution in [0.15, 0.2) is 39.8 Å². The molecular formula is C20H27N3O6S. The third kappa shape index (κ3) is 6.35. The van der Waals surface area contributed by atoms with E-state index in [1.807, 2.05) is 0 Å². The minimum Gasteiger partial charge on any atom is -0.376 e. The predicted octanol–water partition coefficient (Wildman–Crippen LogP) is 1.63. The molecule has 0 saturated carbocycles. The summed E-state index contributed by atoms with van der Waals surface area (Å²) in [5, 5.41) is 3.87. The van der Waals surface area contributed by atoms with Crippen molar-refractivity contribution in [3.8, 4) is 0 Å². The van der Waals surface area contributed by atoms with Gasteiger partial charge in [-0.25, -0.2) is 8.42 Å². The van der Waals surface area contributed by atoms with Crippen molar-refractivity contribution in [1.29, 1.82) is 0 Å². The van der Waals surface area contributed by atoms with E-state index in [1.54, 1.807) is 42.3 Å². The van der Waals surface area contributed by atoms with Crippen LogP contribution in [0.4, 0.5) is 0 Å². The summed E-state index contributed by atoms with van der Waals surface area (Å²) in [6.45, 7) is 1.77. The van der Waals surface area contributed by atoms with Gasteiger partial charge in [0.15, 0.2) is 15.7 Å². The Balaban J connectivity index is 1.42. The second kappa shape index (κ2) is 10.6. The molecule has 2 heterocycles. The Bertz CT molecular complexity index is 916. The first-order valence-corrected chi connectivity index (χ1v) is 11.6. The topological polar surface area (TPSA) is 112 Å². The maximum atomic E-state index is 12.5. The Hall–Kier alpha value is -2.30. The van der Waals surface area contributed by atoms with E-state index < -0.39 is 9.84 Å². The monoisotopic (exact) mass is 437 g/mol. The van der Waals surface area contributed by atoms with E-state index in [0.717, 1.165) is 12.8 Å². The molecule has 1 aliphatic heterocycles. The van der Waals surface area contributed by atoms with Crippen molar-refractivity contribution >= 4 is 15.7 Å². The number of methoxy groups -OCH3 is 1. The van der Waals surface area contributed by atoms with Gasteiger partial charge in [0.05, 0.1) is 23.4 Å². The molecule has 30 heavy (non-hydrogen) atoms. The molecule has 0 radical (unpaired) electrons. The molecule has 1 aliphatic rings. The Morgan fingerprint density at radius 3 is 2.87 bits per heavy atom. The van der Waals surface area contributed by atoms with Crippen molar-refractivity contribution in [3.05, 3.63) is 42.0 Å². The van der Waals surface area contributed by atoms with E-state index in [0.29, 0.717) is 37.8 Å². The van der Waals surface area contributed by atoms with Crippen LogP contribution in [0.3, 0.4) is 0 Å². The van der Waals surface area contributed by atoms with Crippen molar-refractivity contribution in [2.24, 2.45) is 0 Å². The number of hydrogen-bond acceptors (Lipinski definition) is 8. The standard InChI is InChI=1S/C20H27N3O6S/c1-27-15-19-21-18(22-29-19)9-12-28-16-6-5-11-23(14-16)20(24)10-13-30(25,26)17-7-3-2-4-8-17/h2-4,7-8,16H,5-6,9-15H2,1H3. The SMILES string of the molecule is COCc1nc(CCOC2CCCN(C(=O)CCS(=O)(=O)c3ccccc3)C2)no1. The zero-order chi connectivity index (χ0) is 21.4. The molecule has 10 heteroatoms. The Morgan fingerprint density at radius 2 is 2.10 bits per heavy atom. The molecule has 9 nitrogen and oxygen atoms in total. The molecule has 164 valence electrons. The molecule has 3 rings (SSSR count). The number of benzene rings is 1. The van der Waals surface area contributed by atoms with Crippen LogP contribution in [0.2, 0.25) is 0 Å². The van der Waals surface area contributed by atoms with E-state index in [-0.39, 0.29) is 35.7 Å². The van der Waals surface area contributed by atoms with Gasteiger partial charge in [-0.1, -0.05) is 23.4 Å². The van der Waals surface area contributed by atoms with Crippen LogP contribution in [0.1, 0.15) is 31.0 Å². The summed E-state index contributed by atoms with van der Waals surface area (Å²) in [5.41, 5.74) is 0. The van der Waals surface area contributed by atoms with Gasteiger partial charge in [0.2, 0.25) is 5.91 Å². The maximum Gasteiger partial charge on any atom is 0.252 e. The lowest BCUT2D eigenvalue weighted by Gasteiger charge is -2.32. The Labute approximate surface area is 176 Å². The molecular weight excluding hydrogens is 410 g/mol. The van der Waals surface area contributed by atoms with Gasteiger partial charge in [0.1, 0.15) is 6.61 Å². The van der Waals surface area contributed by atoms with Gasteiger partial charge in [-0.05, 0) is 25.0 Å². The smallest absolute Gasteiger partial charge is 0.252 e. The second-order valence-electron chi connectivity index (χ2n) is 7.14. The number of ether oxygens (including phenoxy) is 2. The fourth-order valence-electron chi connectivity index (χ4n) is 3.32. The largest absolute Gasteiger partial charge is 0.376 e. The third-order valence-electron chi connectivity index (χ3n) is 4.88. The van der Waals surface area contributed by atoms with E-state index >= 15 is 0 Å². The molecule has 0 bridgehead atoms. The molecule has 0 N–H and O–H groups in total. The lowest BCUT2D eigenvalue weighted by molar-refractivity contribution is -0.134. The highest BCUT2D eigenvalue weighted by atomic mass is 32.2. The number of piperidine rings is 1. The van der Waals surface area contributed by atoms with Crippen LogP contribution in [0.5, 0.6) is 0 Å². The normalized spacial score (nSPS) is 17.2. The van der Waals surface area contributed by atoms with Gasteiger partial charge >= 0.3 is 0 Å². The summed E-state index contributed by atoms with van der Waals surface area (Å²) in [7, 11) is -1.91. The predicted molar refractivity (Wildman–Crippen MR) is 107 cm³/mol. The van der Waals surface area contributed by atoms with Crippen LogP contribution < -0.4 is 0 Å². The first-order chi connectivity index (χ1) is 14.5. The Morgan fingerprint density at radius 1 is 1.30 bits per heavy atom. The van der Waals surface area contributed by atoms with E-state index in [4.69, 9.17) is 14.0 Å². The molecule has 1 fully saturated rings. The van der Waals surface area contributed by atoms with Gasteiger partial charge in [0.25, 0.3) is 5.89 Å². The number of likely N-dealkylation sites (tertiary alicyclic amines) is 1. The van der Waals surface area contributed by atoms with E-state index in [9.17, 15) is 13.2 Å².